The van der Waals surface area contributed by atoms with E-state index < -0.39 is 0 Å². The van der Waals surface area contributed by atoms with Gasteiger partial charge in [0.15, 0.2) is 5.65 Å². The predicted molar refractivity (Wildman–Crippen MR) is 116 cm³/mol. The van der Waals surface area contributed by atoms with Crippen LogP contribution in [0.2, 0.25) is 0 Å². The normalized spacial score (nSPS) is 12.4. The van der Waals surface area contributed by atoms with Crippen LogP contribution in [0.15, 0.2) is 48.5 Å². The van der Waals surface area contributed by atoms with Gasteiger partial charge in [-0.3, -0.25) is 4.79 Å². The van der Waals surface area contributed by atoms with Gasteiger partial charge >= 0.3 is 0 Å². The highest BCUT2D eigenvalue weighted by Crippen LogP contribution is 2.21. The van der Waals surface area contributed by atoms with E-state index >= 15 is 0 Å². The molecule has 4 aromatic rings. The second-order valence-corrected chi connectivity index (χ2v) is 7.71. The molecule has 2 aromatic carbocycles. The first-order valence-electron chi connectivity index (χ1n) is 10.0. The van der Waals surface area contributed by atoms with Crippen molar-refractivity contribution in [1.29, 1.82) is 0 Å². The molecule has 1 amide bonds. The van der Waals surface area contributed by atoms with E-state index in [-0.39, 0.29) is 11.9 Å². The maximum absolute atomic E-state index is 12.6. The predicted octanol–water partition coefficient (Wildman–Crippen LogP) is 4.62. The van der Waals surface area contributed by atoms with Crippen molar-refractivity contribution < 1.29 is 4.79 Å². The Hall–Kier alpha value is -3.21. The zero-order valence-corrected chi connectivity index (χ0v) is 17.4. The minimum atomic E-state index is -0.0383. The minimum Gasteiger partial charge on any atom is -0.350 e. The van der Waals surface area contributed by atoms with Crippen LogP contribution in [0.3, 0.4) is 0 Å². The average Bonchev–Trinajstić information content (AvgIpc) is 3.07. The molecule has 0 aliphatic heterocycles. The molecule has 1 N–H and O–H groups in total. The molecule has 0 saturated carbocycles. The molecule has 29 heavy (non-hydrogen) atoms. The number of benzene rings is 2. The summed E-state index contributed by atoms with van der Waals surface area (Å²) in [6.07, 6.45) is 1.07. The van der Waals surface area contributed by atoms with Crippen molar-refractivity contribution >= 4 is 22.3 Å². The van der Waals surface area contributed by atoms with Crippen LogP contribution in [-0.2, 0) is 11.2 Å². The molecule has 1 atom stereocenters. The summed E-state index contributed by atoms with van der Waals surface area (Å²) < 4.78 is 1.87. The first-order chi connectivity index (χ1) is 13.9. The SMILES string of the molecule is Cc1cc2nc(C)c(CCC(=O)NC(C)c3ccc4ccccc4c3)c(C)n2n1. The number of nitrogens with one attached hydrogen (secondary N) is 1. The lowest BCUT2D eigenvalue weighted by Crippen LogP contribution is -2.27. The van der Waals surface area contributed by atoms with Gasteiger partial charge < -0.3 is 5.32 Å². The van der Waals surface area contributed by atoms with Crippen LogP contribution in [0.5, 0.6) is 0 Å². The number of rotatable bonds is 5. The molecule has 5 nitrogen and oxygen atoms in total. The number of nitrogens with zero attached hydrogens (tertiary/aromatic N) is 3. The number of fused-ring (bicyclic) bond motifs is 2. The topological polar surface area (TPSA) is 59.3 Å². The summed E-state index contributed by atoms with van der Waals surface area (Å²) in [6, 6.07) is 16.5. The van der Waals surface area contributed by atoms with Gasteiger partial charge in [0.05, 0.1) is 11.7 Å². The zero-order valence-electron chi connectivity index (χ0n) is 17.4. The number of carbonyl (C=O) groups is 1. The second-order valence-electron chi connectivity index (χ2n) is 7.71. The van der Waals surface area contributed by atoms with E-state index in [1.807, 2.05) is 50.4 Å². The molecule has 0 radical (unpaired) electrons. The quantitative estimate of drug-likeness (QED) is 0.544. The van der Waals surface area contributed by atoms with Crippen LogP contribution < -0.4 is 5.32 Å². The molecular weight excluding hydrogens is 360 g/mol. The molecule has 0 fully saturated rings. The molecule has 2 heterocycles. The lowest BCUT2D eigenvalue weighted by atomic mass is 10.0. The fourth-order valence-electron chi connectivity index (χ4n) is 3.92. The molecule has 0 bridgehead atoms. The number of aryl methyl sites for hydroxylation is 3. The highest BCUT2D eigenvalue weighted by molar-refractivity contribution is 5.83. The van der Waals surface area contributed by atoms with Crippen molar-refractivity contribution in [1.82, 2.24) is 19.9 Å². The van der Waals surface area contributed by atoms with Gasteiger partial charge in [-0.25, -0.2) is 9.50 Å². The van der Waals surface area contributed by atoms with Gasteiger partial charge in [-0.2, -0.15) is 5.10 Å². The summed E-state index contributed by atoms with van der Waals surface area (Å²) in [7, 11) is 0. The van der Waals surface area contributed by atoms with Crippen LogP contribution in [0.4, 0.5) is 0 Å². The molecule has 0 aliphatic rings. The third kappa shape index (κ3) is 3.86. The molecular formula is C24H26N4O. The molecule has 5 heteroatoms. The van der Waals surface area contributed by atoms with Crippen LogP contribution in [-0.4, -0.2) is 20.5 Å². The van der Waals surface area contributed by atoms with Gasteiger partial charge in [0.1, 0.15) is 0 Å². The van der Waals surface area contributed by atoms with Gasteiger partial charge in [0.2, 0.25) is 5.91 Å². The summed E-state index contributed by atoms with van der Waals surface area (Å²) in [6.45, 7) is 8.03. The van der Waals surface area contributed by atoms with Crippen molar-refractivity contribution in [2.75, 3.05) is 0 Å². The Morgan fingerprint density at radius 1 is 1.07 bits per heavy atom. The number of amides is 1. The van der Waals surface area contributed by atoms with E-state index in [1.54, 1.807) is 0 Å². The first kappa shape index (κ1) is 19.1. The Balaban J connectivity index is 1.45. The number of hydrogen-bond acceptors (Lipinski definition) is 3. The Morgan fingerprint density at radius 2 is 1.83 bits per heavy atom. The van der Waals surface area contributed by atoms with Crippen LogP contribution >= 0.6 is 0 Å². The highest BCUT2D eigenvalue weighted by atomic mass is 16.1. The summed E-state index contributed by atoms with van der Waals surface area (Å²) in [5, 5.41) is 10.0. The molecule has 4 rings (SSSR count). The number of hydrogen-bond donors (Lipinski definition) is 1. The van der Waals surface area contributed by atoms with Gasteiger partial charge in [-0.05, 0) is 62.1 Å². The molecule has 0 spiro atoms. The van der Waals surface area contributed by atoms with Gasteiger partial charge in [-0.1, -0.05) is 36.4 Å². The smallest absolute Gasteiger partial charge is 0.220 e. The van der Waals surface area contributed by atoms with Crippen molar-refractivity contribution in [3.05, 3.63) is 76.7 Å². The Bertz CT molecular complexity index is 1210. The van der Waals surface area contributed by atoms with Gasteiger partial charge in [0.25, 0.3) is 0 Å². The highest BCUT2D eigenvalue weighted by Gasteiger charge is 2.14. The van der Waals surface area contributed by atoms with Crippen molar-refractivity contribution in [3.63, 3.8) is 0 Å². The van der Waals surface area contributed by atoms with E-state index in [0.717, 1.165) is 33.9 Å². The summed E-state index contributed by atoms with van der Waals surface area (Å²) in [5.41, 5.74) is 6.02. The zero-order chi connectivity index (χ0) is 20.5. The molecule has 2 aromatic heterocycles. The van der Waals surface area contributed by atoms with Crippen LogP contribution in [0.25, 0.3) is 16.4 Å². The molecule has 148 valence electrons. The van der Waals surface area contributed by atoms with Gasteiger partial charge in [-0.15, -0.1) is 0 Å². The number of carbonyl (C=O) groups excluding carboxylic acids is 1. The number of aromatic nitrogens is 3. The van der Waals surface area contributed by atoms with E-state index in [1.165, 1.54) is 10.8 Å². The summed E-state index contributed by atoms with van der Waals surface area (Å²) in [5.74, 6) is 0.0428. The Kier molecular flexibility index (Phi) is 5.05. The minimum absolute atomic E-state index is 0.0383. The fourth-order valence-corrected chi connectivity index (χ4v) is 3.92. The lowest BCUT2D eigenvalue weighted by Gasteiger charge is -2.16. The third-order valence-corrected chi connectivity index (χ3v) is 5.54. The second kappa shape index (κ2) is 7.66. The van der Waals surface area contributed by atoms with E-state index in [0.29, 0.717) is 12.8 Å². The fraction of sp³-hybridized carbons (Fsp3) is 0.292. The Labute approximate surface area is 170 Å². The summed E-state index contributed by atoms with van der Waals surface area (Å²) in [4.78, 5) is 17.2. The van der Waals surface area contributed by atoms with Crippen molar-refractivity contribution in [2.45, 2.75) is 46.6 Å². The summed E-state index contributed by atoms with van der Waals surface area (Å²) >= 11 is 0. The van der Waals surface area contributed by atoms with Crippen LogP contribution in [0, 0.1) is 20.8 Å². The standard InChI is InChI=1S/C24H26N4O/c1-15-13-23-25-17(3)22(18(4)28(23)27-15)11-12-24(29)26-16(2)20-10-9-19-7-5-6-8-21(19)14-20/h5-10,13-14,16H,11-12H2,1-4H3,(H,26,29). The van der Waals surface area contributed by atoms with Crippen molar-refractivity contribution in [2.24, 2.45) is 0 Å². The largest absolute Gasteiger partial charge is 0.350 e. The average molecular weight is 386 g/mol. The van der Waals surface area contributed by atoms with E-state index in [2.05, 4.69) is 45.7 Å². The van der Waals surface area contributed by atoms with E-state index in [4.69, 9.17) is 0 Å². The first-order valence-corrected chi connectivity index (χ1v) is 10.0. The monoisotopic (exact) mass is 386 g/mol. The van der Waals surface area contributed by atoms with Gasteiger partial charge in [0, 0.05) is 23.9 Å². The van der Waals surface area contributed by atoms with Crippen molar-refractivity contribution in [3.8, 4) is 0 Å². The molecule has 0 aliphatic carbocycles. The maximum atomic E-state index is 12.6. The van der Waals surface area contributed by atoms with E-state index in [9.17, 15) is 4.79 Å². The molecule has 0 saturated heterocycles. The van der Waals surface area contributed by atoms with Crippen LogP contribution in [0.1, 0.15) is 47.6 Å². The molecule has 1 unspecified atom stereocenters. The lowest BCUT2D eigenvalue weighted by molar-refractivity contribution is -0.121. The third-order valence-electron chi connectivity index (χ3n) is 5.54. The Morgan fingerprint density at radius 3 is 2.62 bits per heavy atom. The maximum Gasteiger partial charge on any atom is 0.220 e.